The molecule has 0 fully saturated rings. The zero-order chi connectivity index (χ0) is 21.1. The van der Waals surface area contributed by atoms with Crippen molar-refractivity contribution in [1.29, 1.82) is 0 Å². The molecule has 3 aromatic carbocycles. The maximum atomic E-state index is 6.02. The summed E-state index contributed by atoms with van der Waals surface area (Å²) in [5, 5.41) is 0. The molecule has 4 rings (SSSR count). The number of ether oxygens (including phenoxy) is 2. The molecule has 4 heteroatoms. The molecule has 30 heavy (non-hydrogen) atoms. The van der Waals surface area contributed by atoms with Crippen LogP contribution in [0.2, 0.25) is 0 Å². The van der Waals surface area contributed by atoms with E-state index in [4.69, 9.17) is 9.47 Å². The molecule has 0 saturated heterocycles. The van der Waals surface area contributed by atoms with Gasteiger partial charge in [-0.25, -0.2) is 0 Å². The number of fused-ring (bicyclic) bond motifs is 2. The number of nitrogens with zero attached hydrogens (tertiary/aromatic N) is 2. The number of rotatable bonds is 7. The van der Waals surface area contributed by atoms with E-state index in [1.54, 1.807) is 7.11 Å². The Labute approximate surface area is 179 Å². The first-order valence-corrected chi connectivity index (χ1v) is 10.4. The van der Waals surface area contributed by atoms with Crippen LogP contribution in [-0.2, 0) is 6.42 Å². The van der Waals surface area contributed by atoms with Crippen molar-refractivity contribution >= 4 is 11.4 Å². The van der Waals surface area contributed by atoms with E-state index < -0.39 is 0 Å². The summed E-state index contributed by atoms with van der Waals surface area (Å²) in [7, 11) is 7.98. The van der Waals surface area contributed by atoms with E-state index in [2.05, 4.69) is 91.6 Å². The summed E-state index contributed by atoms with van der Waals surface area (Å²) in [4.78, 5) is 4.40. The first kappa shape index (κ1) is 20.3. The molecule has 0 spiro atoms. The summed E-state index contributed by atoms with van der Waals surface area (Å²) in [6.45, 7) is 1.57. The molecular weight excluding hydrogens is 372 g/mol. The lowest BCUT2D eigenvalue weighted by molar-refractivity contribution is 0.261. The zero-order valence-electron chi connectivity index (χ0n) is 18.3. The van der Waals surface area contributed by atoms with E-state index in [0.29, 0.717) is 6.61 Å². The standard InChI is InChI=1S/C26H30N2O2/c1-27(2)14-15-30-21-10-12-22-23(16-19-8-6-5-7-9-19)24-17-20(29-4)11-13-25(24)28(3)26(22)18-21/h5-13,17-18,23H,14-16H2,1-4H3. The van der Waals surface area contributed by atoms with Gasteiger partial charge in [0, 0.05) is 37.0 Å². The van der Waals surface area contributed by atoms with E-state index >= 15 is 0 Å². The molecule has 1 atom stereocenters. The third-order valence-electron chi connectivity index (χ3n) is 5.80. The van der Waals surface area contributed by atoms with Gasteiger partial charge >= 0.3 is 0 Å². The van der Waals surface area contributed by atoms with E-state index in [1.807, 2.05) is 6.07 Å². The summed E-state index contributed by atoms with van der Waals surface area (Å²) in [5.41, 5.74) is 6.38. The highest BCUT2D eigenvalue weighted by Crippen LogP contribution is 2.48. The number of methoxy groups -OCH3 is 1. The van der Waals surface area contributed by atoms with Crippen LogP contribution in [0, 0.1) is 0 Å². The lowest BCUT2D eigenvalue weighted by Gasteiger charge is -2.36. The molecule has 0 saturated carbocycles. The van der Waals surface area contributed by atoms with Gasteiger partial charge in [-0.1, -0.05) is 36.4 Å². The monoisotopic (exact) mass is 402 g/mol. The van der Waals surface area contributed by atoms with E-state index in [0.717, 1.165) is 24.5 Å². The van der Waals surface area contributed by atoms with Crippen molar-refractivity contribution in [3.63, 3.8) is 0 Å². The quantitative estimate of drug-likeness (QED) is 0.549. The summed E-state index contributed by atoms with van der Waals surface area (Å²) < 4.78 is 11.6. The van der Waals surface area contributed by atoms with Crippen LogP contribution in [0.15, 0.2) is 66.7 Å². The van der Waals surface area contributed by atoms with Crippen LogP contribution in [0.25, 0.3) is 0 Å². The Hall–Kier alpha value is -2.98. The summed E-state index contributed by atoms with van der Waals surface area (Å²) in [6, 6.07) is 23.6. The van der Waals surface area contributed by atoms with Crippen molar-refractivity contribution < 1.29 is 9.47 Å². The SMILES string of the molecule is COc1ccc2c(c1)C(Cc1ccccc1)c1ccc(OCCN(C)C)cc1N2C. The predicted octanol–water partition coefficient (Wildman–Crippen LogP) is 5.09. The summed E-state index contributed by atoms with van der Waals surface area (Å²) in [5.74, 6) is 2.07. The highest BCUT2D eigenvalue weighted by molar-refractivity contribution is 5.77. The van der Waals surface area contributed by atoms with Gasteiger partial charge < -0.3 is 19.3 Å². The van der Waals surface area contributed by atoms with Crippen molar-refractivity contribution in [1.82, 2.24) is 4.90 Å². The molecular formula is C26H30N2O2. The average Bonchev–Trinajstić information content (AvgIpc) is 2.76. The molecule has 0 N–H and O–H groups in total. The maximum absolute atomic E-state index is 6.02. The van der Waals surface area contributed by atoms with E-state index in [1.165, 1.54) is 28.1 Å². The second kappa shape index (κ2) is 8.80. The van der Waals surface area contributed by atoms with Gasteiger partial charge in [0.1, 0.15) is 18.1 Å². The molecule has 1 aliphatic rings. The van der Waals surface area contributed by atoms with Crippen LogP contribution in [-0.4, -0.2) is 46.3 Å². The van der Waals surface area contributed by atoms with Gasteiger partial charge in [0.2, 0.25) is 0 Å². The first-order valence-electron chi connectivity index (χ1n) is 10.4. The third kappa shape index (κ3) is 4.14. The van der Waals surface area contributed by atoms with Crippen LogP contribution in [0.1, 0.15) is 22.6 Å². The van der Waals surface area contributed by atoms with Gasteiger partial charge in [-0.2, -0.15) is 0 Å². The van der Waals surface area contributed by atoms with Crippen LogP contribution in [0.5, 0.6) is 11.5 Å². The van der Waals surface area contributed by atoms with Gasteiger partial charge in [-0.05, 0) is 61.5 Å². The van der Waals surface area contributed by atoms with Crippen molar-refractivity contribution in [3.05, 3.63) is 83.4 Å². The Bertz CT molecular complexity index is 1000. The topological polar surface area (TPSA) is 24.9 Å². The van der Waals surface area contributed by atoms with Crippen molar-refractivity contribution in [3.8, 4) is 11.5 Å². The molecule has 4 nitrogen and oxygen atoms in total. The highest BCUT2D eigenvalue weighted by Gasteiger charge is 2.29. The molecule has 156 valence electrons. The average molecular weight is 403 g/mol. The third-order valence-corrected chi connectivity index (χ3v) is 5.80. The molecule has 3 aromatic rings. The number of likely N-dealkylation sites (N-methyl/N-ethyl adjacent to an activating group) is 1. The minimum Gasteiger partial charge on any atom is -0.497 e. The Morgan fingerprint density at radius 3 is 2.37 bits per heavy atom. The predicted molar refractivity (Wildman–Crippen MR) is 124 cm³/mol. The normalized spacial score (nSPS) is 15.0. The molecule has 0 aromatic heterocycles. The van der Waals surface area contributed by atoms with Gasteiger partial charge in [-0.15, -0.1) is 0 Å². The van der Waals surface area contributed by atoms with E-state index in [9.17, 15) is 0 Å². The highest BCUT2D eigenvalue weighted by atomic mass is 16.5. The Morgan fingerprint density at radius 1 is 0.867 bits per heavy atom. The zero-order valence-corrected chi connectivity index (χ0v) is 18.3. The Morgan fingerprint density at radius 2 is 1.63 bits per heavy atom. The lowest BCUT2D eigenvalue weighted by Crippen LogP contribution is -2.23. The smallest absolute Gasteiger partial charge is 0.121 e. The molecule has 1 unspecified atom stereocenters. The fourth-order valence-electron chi connectivity index (χ4n) is 4.16. The molecule has 0 bridgehead atoms. The van der Waals surface area contributed by atoms with Crippen molar-refractivity contribution in [2.75, 3.05) is 46.3 Å². The summed E-state index contributed by atoms with van der Waals surface area (Å²) >= 11 is 0. The minimum atomic E-state index is 0.263. The minimum absolute atomic E-state index is 0.263. The van der Waals surface area contributed by atoms with Crippen LogP contribution in [0.3, 0.4) is 0 Å². The fourth-order valence-corrected chi connectivity index (χ4v) is 4.16. The molecule has 0 amide bonds. The van der Waals surface area contributed by atoms with Crippen LogP contribution < -0.4 is 14.4 Å². The molecule has 0 radical (unpaired) electrons. The summed E-state index contributed by atoms with van der Waals surface area (Å²) in [6.07, 6.45) is 0.947. The van der Waals surface area contributed by atoms with Crippen LogP contribution in [0.4, 0.5) is 11.4 Å². The molecule has 1 heterocycles. The fraction of sp³-hybridized carbons (Fsp3) is 0.308. The first-order chi connectivity index (χ1) is 14.6. The maximum Gasteiger partial charge on any atom is 0.121 e. The van der Waals surface area contributed by atoms with Gasteiger partial charge in [0.05, 0.1) is 7.11 Å². The van der Waals surface area contributed by atoms with Gasteiger partial charge in [0.15, 0.2) is 0 Å². The number of benzene rings is 3. The molecule has 1 aliphatic heterocycles. The van der Waals surface area contributed by atoms with E-state index in [-0.39, 0.29) is 5.92 Å². The number of anilines is 2. The Kier molecular flexibility index (Phi) is 5.96. The largest absolute Gasteiger partial charge is 0.497 e. The van der Waals surface area contributed by atoms with Crippen molar-refractivity contribution in [2.24, 2.45) is 0 Å². The second-order valence-electron chi connectivity index (χ2n) is 8.10. The molecule has 0 aliphatic carbocycles. The van der Waals surface area contributed by atoms with Gasteiger partial charge in [-0.3, -0.25) is 0 Å². The number of hydrogen-bond donors (Lipinski definition) is 0. The lowest BCUT2D eigenvalue weighted by atomic mass is 9.81. The second-order valence-corrected chi connectivity index (χ2v) is 8.10. The van der Waals surface area contributed by atoms with Crippen molar-refractivity contribution in [2.45, 2.75) is 12.3 Å². The Balaban J connectivity index is 1.73. The van der Waals surface area contributed by atoms with Crippen LogP contribution >= 0.6 is 0 Å². The van der Waals surface area contributed by atoms with Gasteiger partial charge in [0.25, 0.3) is 0 Å². The number of hydrogen-bond acceptors (Lipinski definition) is 4.